The number of hydrogen-bond donors (Lipinski definition) is 1. The van der Waals surface area contributed by atoms with E-state index in [0.717, 1.165) is 24.1 Å². The number of rotatable bonds is 7. The Labute approximate surface area is 172 Å². The zero-order chi connectivity index (χ0) is 19.8. The number of nitrogens with one attached hydrogen (secondary N) is 1. The molecule has 28 heavy (non-hydrogen) atoms. The monoisotopic (exact) mass is 446 g/mol. The number of piperazine rings is 1. The number of ether oxygens (including phenoxy) is 1. The van der Waals surface area contributed by atoms with Gasteiger partial charge in [0.25, 0.3) is 11.8 Å². The van der Waals surface area contributed by atoms with Crippen molar-refractivity contribution in [3.8, 4) is 5.75 Å². The molecule has 0 spiro atoms. The van der Waals surface area contributed by atoms with Gasteiger partial charge in [0.2, 0.25) is 0 Å². The first-order chi connectivity index (χ1) is 13.6. The number of hydrogen-bond acceptors (Lipinski definition) is 5. The first kappa shape index (κ1) is 20.3. The second kappa shape index (κ2) is 10.2. The number of aromatic nitrogens is 1. The van der Waals surface area contributed by atoms with E-state index in [9.17, 15) is 9.59 Å². The minimum Gasteiger partial charge on any atom is -0.484 e. The van der Waals surface area contributed by atoms with Crippen molar-refractivity contribution < 1.29 is 14.3 Å². The molecule has 1 aliphatic rings. The van der Waals surface area contributed by atoms with E-state index in [1.165, 1.54) is 0 Å². The Morgan fingerprint density at radius 1 is 1.07 bits per heavy atom. The molecule has 1 aliphatic heterocycles. The molecule has 0 unspecified atom stereocenters. The van der Waals surface area contributed by atoms with Crippen LogP contribution in [-0.4, -0.2) is 72.5 Å². The van der Waals surface area contributed by atoms with Crippen LogP contribution in [0, 0.1) is 0 Å². The molecule has 2 aromatic rings. The molecule has 7 nitrogen and oxygen atoms in total. The molecule has 2 amide bonds. The fourth-order valence-corrected chi connectivity index (χ4v) is 3.17. The van der Waals surface area contributed by atoms with Gasteiger partial charge in [-0.15, -0.1) is 0 Å². The smallest absolute Gasteiger partial charge is 0.269 e. The molecule has 2 heterocycles. The average molecular weight is 447 g/mol. The predicted molar refractivity (Wildman–Crippen MR) is 109 cm³/mol. The first-order valence-corrected chi connectivity index (χ1v) is 9.99. The van der Waals surface area contributed by atoms with E-state index in [4.69, 9.17) is 4.74 Å². The summed E-state index contributed by atoms with van der Waals surface area (Å²) in [4.78, 5) is 32.4. The summed E-state index contributed by atoms with van der Waals surface area (Å²) in [6.45, 7) is 4.23. The van der Waals surface area contributed by atoms with Gasteiger partial charge in [0.15, 0.2) is 6.61 Å². The van der Waals surface area contributed by atoms with E-state index in [1.54, 1.807) is 24.4 Å². The second-order valence-corrected chi connectivity index (χ2v) is 7.35. The van der Waals surface area contributed by atoms with Gasteiger partial charge >= 0.3 is 0 Å². The highest BCUT2D eigenvalue weighted by molar-refractivity contribution is 9.10. The topological polar surface area (TPSA) is 74.8 Å². The largest absolute Gasteiger partial charge is 0.484 e. The van der Waals surface area contributed by atoms with E-state index in [-0.39, 0.29) is 18.4 Å². The van der Waals surface area contributed by atoms with Crippen molar-refractivity contribution in [3.63, 3.8) is 0 Å². The number of amides is 2. The van der Waals surface area contributed by atoms with Gasteiger partial charge < -0.3 is 15.0 Å². The summed E-state index contributed by atoms with van der Waals surface area (Å²) < 4.78 is 6.53. The average Bonchev–Trinajstić information content (AvgIpc) is 2.74. The Hall–Kier alpha value is -2.45. The lowest BCUT2D eigenvalue weighted by atomic mass is 10.3. The Morgan fingerprint density at radius 3 is 2.50 bits per heavy atom. The zero-order valence-electron chi connectivity index (χ0n) is 15.5. The van der Waals surface area contributed by atoms with Gasteiger partial charge in [-0.3, -0.25) is 19.5 Å². The lowest BCUT2D eigenvalue weighted by molar-refractivity contribution is -0.135. The molecule has 8 heteroatoms. The van der Waals surface area contributed by atoms with Crippen LogP contribution >= 0.6 is 15.9 Å². The van der Waals surface area contributed by atoms with Crippen molar-refractivity contribution in [2.75, 3.05) is 45.9 Å². The lowest BCUT2D eigenvalue weighted by Gasteiger charge is -2.34. The highest BCUT2D eigenvalue weighted by Crippen LogP contribution is 2.16. The van der Waals surface area contributed by atoms with Crippen LogP contribution in [0.4, 0.5) is 0 Å². The normalized spacial score (nSPS) is 14.5. The maximum atomic E-state index is 12.3. The van der Waals surface area contributed by atoms with E-state index in [2.05, 4.69) is 31.1 Å². The van der Waals surface area contributed by atoms with Crippen LogP contribution in [0.25, 0.3) is 0 Å². The SMILES string of the molecule is O=C(NCCN1CCN(C(=O)COc2ccc(Br)cc2)CC1)c1ccccn1. The van der Waals surface area contributed by atoms with Gasteiger partial charge in [0, 0.05) is 49.9 Å². The van der Waals surface area contributed by atoms with Crippen LogP contribution in [0.1, 0.15) is 10.5 Å². The fourth-order valence-electron chi connectivity index (χ4n) is 2.90. The molecule has 1 aromatic carbocycles. The van der Waals surface area contributed by atoms with Gasteiger partial charge in [0.05, 0.1) is 0 Å². The van der Waals surface area contributed by atoms with Crippen LogP contribution in [0.3, 0.4) is 0 Å². The molecule has 1 fully saturated rings. The van der Waals surface area contributed by atoms with Gasteiger partial charge in [-0.05, 0) is 36.4 Å². The number of carbonyl (C=O) groups excluding carboxylic acids is 2. The van der Waals surface area contributed by atoms with Crippen molar-refractivity contribution >= 4 is 27.7 Å². The summed E-state index contributed by atoms with van der Waals surface area (Å²) in [5, 5.41) is 2.88. The summed E-state index contributed by atoms with van der Waals surface area (Å²) in [6.07, 6.45) is 1.60. The molecular weight excluding hydrogens is 424 g/mol. The van der Waals surface area contributed by atoms with Crippen molar-refractivity contribution in [1.82, 2.24) is 20.1 Å². The molecule has 1 N–H and O–H groups in total. The minimum atomic E-state index is -0.167. The Balaban J connectivity index is 1.33. The predicted octanol–water partition coefficient (Wildman–Crippen LogP) is 1.80. The summed E-state index contributed by atoms with van der Waals surface area (Å²) in [6, 6.07) is 12.7. The number of nitrogens with zero attached hydrogens (tertiary/aromatic N) is 3. The third kappa shape index (κ3) is 6.03. The molecule has 0 aliphatic carbocycles. The molecule has 1 saturated heterocycles. The van der Waals surface area contributed by atoms with Gasteiger partial charge in [-0.2, -0.15) is 0 Å². The molecule has 3 rings (SSSR count). The molecule has 1 aromatic heterocycles. The number of carbonyl (C=O) groups is 2. The van der Waals surface area contributed by atoms with Crippen LogP contribution in [-0.2, 0) is 4.79 Å². The highest BCUT2D eigenvalue weighted by atomic mass is 79.9. The number of pyridine rings is 1. The Kier molecular flexibility index (Phi) is 7.39. The second-order valence-electron chi connectivity index (χ2n) is 6.44. The highest BCUT2D eigenvalue weighted by Gasteiger charge is 2.21. The van der Waals surface area contributed by atoms with E-state index in [0.29, 0.717) is 31.1 Å². The molecule has 0 atom stereocenters. The zero-order valence-corrected chi connectivity index (χ0v) is 17.1. The van der Waals surface area contributed by atoms with Crippen LogP contribution in [0.5, 0.6) is 5.75 Å². The third-order valence-electron chi connectivity index (χ3n) is 4.51. The maximum Gasteiger partial charge on any atom is 0.269 e. The Bertz CT molecular complexity index is 778. The van der Waals surface area contributed by atoms with Crippen LogP contribution in [0.15, 0.2) is 53.1 Å². The number of halogens is 1. The van der Waals surface area contributed by atoms with Crippen molar-refractivity contribution in [3.05, 3.63) is 58.8 Å². The summed E-state index contributed by atoms with van der Waals surface area (Å²) in [5.41, 5.74) is 0.420. The summed E-state index contributed by atoms with van der Waals surface area (Å²) in [7, 11) is 0. The van der Waals surface area contributed by atoms with Crippen molar-refractivity contribution in [2.24, 2.45) is 0 Å². The van der Waals surface area contributed by atoms with Gasteiger partial charge in [-0.25, -0.2) is 0 Å². The quantitative estimate of drug-likeness (QED) is 0.701. The summed E-state index contributed by atoms with van der Waals surface area (Å²) >= 11 is 3.37. The van der Waals surface area contributed by atoms with E-state index in [1.807, 2.05) is 29.2 Å². The standard InChI is InChI=1S/C20H23BrN4O3/c21-16-4-6-17(7-5-16)28-15-19(26)25-13-11-24(12-14-25)10-9-23-20(27)18-3-1-2-8-22-18/h1-8H,9-15H2,(H,23,27). The Morgan fingerprint density at radius 2 is 1.82 bits per heavy atom. The van der Waals surface area contributed by atoms with Crippen LogP contribution in [0.2, 0.25) is 0 Å². The molecular formula is C20H23BrN4O3. The molecule has 0 saturated carbocycles. The van der Waals surface area contributed by atoms with Crippen LogP contribution < -0.4 is 10.1 Å². The third-order valence-corrected chi connectivity index (χ3v) is 5.04. The number of benzene rings is 1. The first-order valence-electron chi connectivity index (χ1n) is 9.19. The molecule has 0 radical (unpaired) electrons. The van der Waals surface area contributed by atoms with E-state index < -0.39 is 0 Å². The van der Waals surface area contributed by atoms with Gasteiger partial charge in [0.1, 0.15) is 11.4 Å². The van der Waals surface area contributed by atoms with Gasteiger partial charge in [-0.1, -0.05) is 22.0 Å². The maximum absolute atomic E-state index is 12.3. The van der Waals surface area contributed by atoms with E-state index >= 15 is 0 Å². The lowest BCUT2D eigenvalue weighted by Crippen LogP contribution is -2.51. The van der Waals surface area contributed by atoms with Crippen molar-refractivity contribution in [1.29, 1.82) is 0 Å². The molecule has 148 valence electrons. The summed E-state index contributed by atoms with van der Waals surface area (Å²) in [5.74, 6) is 0.504. The molecule has 0 bridgehead atoms. The van der Waals surface area contributed by atoms with Crippen molar-refractivity contribution in [2.45, 2.75) is 0 Å². The fraction of sp³-hybridized carbons (Fsp3) is 0.350. The minimum absolute atomic E-state index is 0.00831.